The van der Waals surface area contributed by atoms with E-state index in [4.69, 9.17) is 25.8 Å². The third-order valence-corrected chi connectivity index (χ3v) is 6.70. The molecule has 3 rings (SSSR count). The fraction of sp³-hybridized carbons (Fsp3) is 0.583. The number of hydrogen-bond acceptors (Lipinski definition) is 7. The maximum Gasteiger partial charge on any atom is 0.427 e. The van der Waals surface area contributed by atoms with Crippen LogP contribution in [0.25, 0.3) is 0 Å². The van der Waals surface area contributed by atoms with Crippen LogP contribution in [0.2, 0.25) is 5.02 Å². The van der Waals surface area contributed by atoms with Crippen LogP contribution in [0.4, 0.5) is 4.79 Å². The zero-order chi connectivity index (χ0) is 25.8. The van der Waals surface area contributed by atoms with E-state index in [1.54, 1.807) is 26.8 Å². The molecule has 2 aliphatic heterocycles. The van der Waals surface area contributed by atoms with Gasteiger partial charge in [-0.05, 0) is 31.0 Å². The number of halogens is 1. The van der Waals surface area contributed by atoms with Gasteiger partial charge in [-0.15, -0.1) is 0 Å². The summed E-state index contributed by atoms with van der Waals surface area (Å²) in [5.41, 5.74) is 0.195. The first kappa shape index (κ1) is 26.9. The van der Waals surface area contributed by atoms with Gasteiger partial charge in [0.1, 0.15) is 17.9 Å². The van der Waals surface area contributed by atoms with Gasteiger partial charge in [0.25, 0.3) is 5.91 Å². The Morgan fingerprint density at radius 2 is 1.91 bits per heavy atom. The molecule has 192 valence electrons. The molecular weight excluding hydrogens is 478 g/mol. The van der Waals surface area contributed by atoms with E-state index < -0.39 is 46.7 Å². The van der Waals surface area contributed by atoms with Crippen LogP contribution < -0.4 is 15.4 Å². The normalized spacial score (nSPS) is 21.9. The van der Waals surface area contributed by atoms with Gasteiger partial charge in [0.05, 0.1) is 37.2 Å². The number of amides is 4. The largest absolute Gasteiger partial charge is 0.497 e. The van der Waals surface area contributed by atoms with Crippen molar-refractivity contribution >= 4 is 35.4 Å². The van der Waals surface area contributed by atoms with Crippen molar-refractivity contribution in [2.45, 2.75) is 58.4 Å². The van der Waals surface area contributed by atoms with E-state index in [1.165, 1.54) is 19.2 Å². The van der Waals surface area contributed by atoms with Crippen LogP contribution in [0.1, 0.15) is 50.4 Å². The van der Waals surface area contributed by atoms with Gasteiger partial charge in [0.2, 0.25) is 6.23 Å². The molecule has 0 aromatic heterocycles. The molecule has 1 aromatic carbocycles. The first-order valence-corrected chi connectivity index (χ1v) is 12.2. The highest BCUT2D eigenvalue weighted by Gasteiger charge is 2.53. The summed E-state index contributed by atoms with van der Waals surface area (Å²) in [6.07, 6.45) is -0.223. The molecule has 11 heteroatoms. The molecule has 10 nitrogen and oxygen atoms in total. The molecule has 2 heterocycles. The predicted octanol–water partition coefficient (Wildman–Crippen LogP) is 2.63. The van der Waals surface area contributed by atoms with Crippen molar-refractivity contribution in [2.75, 3.05) is 26.8 Å². The highest BCUT2D eigenvalue weighted by molar-refractivity contribution is 6.34. The standard InChI is InChI=1S/C24H32ClN3O7/c1-5-34-18-13-19(29)35-22(18)27-24(32)28(10-6-7-11-28)23(31)20(14(2)3)26-21(30)16-9-8-15(33-4)12-17(16)25/h8-9,12,14,18,20,22H,5-7,10-11,13H2,1-4H3,(H-,26,27,30,32)/p+1/t18-,20-,22+/m0/s1. The van der Waals surface area contributed by atoms with Gasteiger partial charge >= 0.3 is 17.9 Å². The molecule has 0 unspecified atom stereocenters. The van der Waals surface area contributed by atoms with Crippen LogP contribution in [0.5, 0.6) is 5.75 Å². The van der Waals surface area contributed by atoms with Crippen LogP contribution in [0, 0.1) is 5.92 Å². The second-order valence-corrected chi connectivity index (χ2v) is 9.47. The van der Waals surface area contributed by atoms with Gasteiger partial charge in [-0.3, -0.25) is 14.9 Å². The molecule has 0 radical (unpaired) electrons. The van der Waals surface area contributed by atoms with Gasteiger partial charge in [0.15, 0.2) is 0 Å². The smallest absolute Gasteiger partial charge is 0.427 e. The van der Waals surface area contributed by atoms with Crippen LogP contribution >= 0.6 is 11.6 Å². The van der Waals surface area contributed by atoms with E-state index >= 15 is 0 Å². The van der Waals surface area contributed by atoms with Crippen molar-refractivity contribution < 1.29 is 37.9 Å². The third kappa shape index (κ3) is 5.76. The zero-order valence-corrected chi connectivity index (χ0v) is 21.2. The van der Waals surface area contributed by atoms with E-state index in [2.05, 4.69) is 10.6 Å². The number of urea groups is 1. The average molecular weight is 511 g/mol. The number of ether oxygens (including phenoxy) is 3. The second-order valence-electron chi connectivity index (χ2n) is 9.06. The number of carbonyl (C=O) groups excluding carboxylic acids is 4. The Morgan fingerprint density at radius 1 is 1.23 bits per heavy atom. The van der Waals surface area contributed by atoms with Crippen molar-refractivity contribution in [1.29, 1.82) is 0 Å². The summed E-state index contributed by atoms with van der Waals surface area (Å²) in [6.45, 7) is 6.30. The molecule has 2 saturated heterocycles. The molecule has 3 atom stereocenters. The lowest BCUT2D eigenvalue weighted by atomic mass is 10.0. The molecule has 0 spiro atoms. The SMILES string of the molecule is CCO[C@H]1CC(=O)O[C@H]1NC(=O)[N+]1(C(=O)[C@@H](NC(=O)c2ccc(OC)cc2Cl)C(C)C)CCCC1. The first-order valence-electron chi connectivity index (χ1n) is 11.8. The van der Waals surface area contributed by atoms with E-state index in [9.17, 15) is 19.2 Å². The number of nitrogens with one attached hydrogen (secondary N) is 2. The number of hydrogen-bond donors (Lipinski definition) is 2. The molecule has 2 N–H and O–H groups in total. The van der Waals surface area contributed by atoms with Crippen molar-refractivity contribution in [3.05, 3.63) is 28.8 Å². The summed E-state index contributed by atoms with van der Waals surface area (Å²) in [5, 5.41) is 5.67. The molecule has 35 heavy (non-hydrogen) atoms. The number of esters is 1. The lowest BCUT2D eigenvalue weighted by molar-refractivity contribution is -0.761. The van der Waals surface area contributed by atoms with Gasteiger partial charge in [-0.1, -0.05) is 25.4 Å². The summed E-state index contributed by atoms with van der Waals surface area (Å²) < 4.78 is 15.4. The van der Waals surface area contributed by atoms with Crippen LogP contribution in [0.3, 0.4) is 0 Å². The number of benzene rings is 1. The van der Waals surface area contributed by atoms with E-state index in [0.717, 1.165) is 0 Å². The zero-order valence-electron chi connectivity index (χ0n) is 20.5. The molecule has 0 aliphatic carbocycles. The lowest BCUT2D eigenvalue weighted by Crippen LogP contribution is -2.67. The first-order chi connectivity index (χ1) is 16.6. The molecule has 0 bridgehead atoms. The fourth-order valence-corrected chi connectivity index (χ4v) is 4.73. The number of rotatable bonds is 8. The summed E-state index contributed by atoms with van der Waals surface area (Å²) in [7, 11) is 1.49. The van der Waals surface area contributed by atoms with Crippen molar-refractivity contribution in [1.82, 2.24) is 10.6 Å². The maximum atomic E-state index is 13.9. The maximum absolute atomic E-state index is 13.9. The van der Waals surface area contributed by atoms with Gasteiger partial charge < -0.3 is 19.5 Å². The van der Waals surface area contributed by atoms with E-state index in [1.807, 2.05) is 0 Å². The minimum Gasteiger partial charge on any atom is -0.497 e. The number of imide groups is 1. The Morgan fingerprint density at radius 3 is 2.49 bits per heavy atom. The Balaban J connectivity index is 1.81. The van der Waals surface area contributed by atoms with Crippen LogP contribution in [-0.2, 0) is 19.1 Å². The minimum absolute atomic E-state index is 0.0278. The predicted molar refractivity (Wildman–Crippen MR) is 127 cm³/mol. The van der Waals surface area contributed by atoms with Crippen molar-refractivity contribution in [2.24, 2.45) is 5.92 Å². The van der Waals surface area contributed by atoms with Crippen LogP contribution in [0.15, 0.2) is 18.2 Å². The average Bonchev–Trinajstić information content (AvgIpc) is 3.44. The molecular formula is C24H33ClN3O7+. The fourth-order valence-electron chi connectivity index (χ4n) is 4.47. The highest BCUT2D eigenvalue weighted by atomic mass is 35.5. The lowest BCUT2D eigenvalue weighted by Gasteiger charge is -2.34. The molecule has 4 amide bonds. The number of likely N-dealkylation sites (tertiary alicyclic amines) is 1. The quantitative estimate of drug-likeness (QED) is 0.407. The summed E-state index contributed by atoms with van der Waals surface area (Å²) in [5.74, 6) is -1.22. The van der Waals surface area contributed by atoms with Gasteiger partial charge in [-0.2, -0.15) is 4.48 Å². The summed E-state index contributed by atoms with van der Waals surface area (Å²) >= 11 is 6.25. The monoisotopic (exact) mass is 510 g/mol. The minimum atomic E-state index is -0.969. The third-order valence-electron chi connectivity index (χ3n) is 6.39. The van der Waals surface area contributed by atoms with E-state index in [0.29, 0.717) is 25.2 Å². The Kier molecular flexibility index (Phi) is 8.74. The van der Waals surface area contributed by atoms with Crippen molar-refractivity contribution in [3.63, 3.8) is 0 Å². The molecule has 2 fully saturated rings. The van der Waals surface area contributed by atoms with Gasteiger partial charge in [-0.25, -0.2) is 9.59 Å². The van der Waals surface area contributed by atoms with Crippen LogP contribution in [-0.4, -0.2) is 73.5 Å². The molecule has 1 aromatic rings. The van der Waals surface area contributed by atoms with Gasteiger partial charge in [0, 0.05) is 19.4 Å². The highest BCUT2D eigenvalue weighted by Crippen LogP contribution is 2.27. The number of carbonyl (C=O) groups is 4. The number of nitrogens with zero attached hydrogens (tertiary/aromatic N) is 1. The number of quaternary nitrogens is 1. The molecule has 0 saturated carbocycles. The van der Waals surface area contributed by atoms with Crippen molar-refractivity contribution in [3.8, 4) is 5.75 Å². The summed E-state index contributed by atoms with van der Waals surface area (Å²) in [4.78, 5) is 52.1. The molecule has 2 aliphatic rings. The number of methoxy groups -OCH3 is 1. The van der Waals surface area contributed by atoms with E-state index in [-0.39, 0.29) is 36.0 Å². The Labute approximate surface area is 209 Å². The topological polar surface area (TPSA) is 120 Å². The summed E-state index contributed by atoms with van der Waals surface area (Å²) in [6, 6.07) is 3.13. The Hall–Kier alpha value is -2.69. The second kappa shape index (κ2) is 11.4. The number of cyclic esters (lactones) is 1. The Bertz CT molecular complexity index is 978.